The zero-order chi connectivity index (χ0) is 17.3. The molecule has 1 saturated heterocycles. The van der Waals surface area contributed by atoms with E-state index < -0.39 is 0 Å². The van der Waals surface area contributed by atoms with Crippen LogP contribution in [0, 0.1) is 6.92 Å². The first-order valence-corrected chi connectivity index (χ1v) is 8.55. The van der Waals surface area contributed by atoms with Gasteiger partial charge < -0.3 is 9.47 Å². The lowest BCUT2D eigenvalue weighted by molar-refractivity contribution is 0.0713. The summed E-state index contributed by atoms with van der Waals surface area (Å²) in [6, 6.07) is 9.16. The van der Waals surface area contributed by atoms with E-state index in [2.05, 4.69) is 0 Å². The fourth-order valence-electron chi connectivity index (χ4n) is 3.14. The zero-order valence-corrected chi connectivity index (χ0v) is 14.7. The number of aryl methyl sites for hydroxylation is 2. The number of amides is 1. The minimum Gasteiger partial charge on any atom is -0.339 e. The number of hydrogen-bond acceptors (Lipinski definition) is 2. The molecule has 0 atom stereocenters. The summed E-state index contributed by atoms with van der Waals surface area (Å²) in [4.78, 5) is 26.3. The average Bonchev–Trinajstić information content (AvgIpc) is 2.59. The highest BCUT2D eigenvalue weighted by atomic mass is 35.5. The molecule has 0 spiro atoms. The van der Waals surface area contributed by atoms with Crippen LogP contribution in [0.15, 0.2) is 41.3 Å². The number of likely N-dealkylation sites (tertiary alicyclic amines) is 1. The van der Waals surface area contributed by atoms with E-state index in [0.717, 1.165) is 24.0 Å². The van der Waals surface area contributed by atoms with Crippen molar-refractivity contribution in [3.05, 3.63) is 68.6 Å². The molecule has 3 rings (SSSR count). The first-order chi connectivity index (χ1) is 11.5. The molecule has 2 heterocycles. The molecule has 126 valence electrons. The van der Waals surface area contributed by atoms with E-state index in [1.807, 2.05) is 36.2 Å². The van der Waals surface area contributed by atoms with Gasteiger partial charge in [0, 0.05) is 43.0 Å². The number of pyridine rings is 1. The molecule has 0 N–H and O–H groups in total. The van der Waals surface area contributed by atoms with Gasteiger partial charge in [-0.1, -0.05) is 17.7 Å². The zero-order valence-electron chi connectivity index (χ0n) is 14.0. The Balaban J connectivity index is 1.68. The number of benzene rings is 1. The van der Waals surface area contributed by atoms with Crippen LogP contribution in [0.5, 0.6) is 0 Å². The maximum Gasteiger partial charge on any atom is 0.253 e. The van der Waals surface area contributed by atoms with Gasteiger partial charge in [-0.2, -0.15) is 0 Å². The Hall–Kier alpha value is -2.07. The molecule has 0 unspecified atom stereocenters. The molecule has 1 aliphatic rings. The fourth-order valence-corrected chi connectivity index (χ4v) is 3.32. The molecule has 0 radical (unpaired) electrons. The van der Waals surface area contributed by atoms with Crippen LogP contribution in [0.1, 0.15) is 40.2 Å². The molecule has 1 aromatic heterocycles. The highest BCUT2D eigenvalue weighted by Gasteiger charge is 2.25. The number of nitrogens with zero attached hydrogens (tertiary/aromatic N) is 2. The maximum atomic E-state index is 12.6. The number of aromatic nitrogens is 1. The molecule has 0 bridgehead atoms. The van der Waals surface area contributed by atoms with E-state index in [0.29, 0.717) is 29.6 Å². The second-order valence-corrected chi connectivity index (χ2v) is 6.85. The Morgan fingerprint density at radius 1 is 1.17 bits per heavy atom. The predicted octanol–water partition coefficient (Wildman–Crippen LogP) is 3.37. The van der Waals surface area contributed by atoms with E-state index in [1.165, 1.54) is 0 Å². The van der Waals surface area contributed by atoms with E-state index in [-0.39, 0.29) is 11.5 Å². The molecule has 1 fully saturated rings. The van der Waals surface area contributed by atoms with Crippen LogP contribution in [0.3, 0.4) is 0 Å². The van der Waals surface area contributed by atoms with Gasteiger partial charge in [0.05, 0.1) is 0 Å². The molecule has 1 aromatic carbocycles. The molecule has 1 aliphatic heterocycles. The minimum absolute atomic E-state index is 0.0142. The lowest BCUT2D eigenvalue weighted by Crippen LogP contribution is -2.38. The van der Waals surface area contributed by atoms with Gasteiger partial charge in [0.2, 0.25) is 0 Å². The summed E-state index contributed by atoms with van der Waals surface area (Å²) in [5.41, 5.74) is 2.69. The van der Waals surface area contributed by atoms with Gasteiger partial charge in [0.1, 0.15) is 0 Å². The van der Waals surface area contributed by atoms with Crippen LogP contribution in [0.4, 0.5) is 0 Å². The Morgan fingerprint density at radius 3 is 2.50 bits per heavy atom. The minimum atomic E-state index is 0.0142. The number of carbonyl (C=O) groups is 1. The lowest BCUT2D eigenvalue weighted by Gasteiger charge is -2.32. The third kappa shape index (κ3) is 3.39. The van der Waals surface area contributed by atoms with E-state index in [4.69, 9.17) is 11.6 Å². The molecule has 0 saturated carbocycles. The Kier molecular flexibility index (Phi) is 4.76. The van der Waals surface area contributed by atoms with E-state index in [9.17, 15) is 9.59 Å². The van der Waals surface area contributed by atoms with Crippen molar-refractivity contribution in [2.45, 2.75) is 25.7 Å². The summed E-state index contributed by atoms with van der Waals surface area (Å²) in [6.45, 7) is 3.32. The highest BCUT2D eigenvalue weighted by Crippen LogP contribution is 2.28. The number of piperidine rings is 1. The van der Waals surface area contributed by atoms with Crippen molar-refractivity contribution in [1.82, 2.24) is 9.47 Å². The van der Waals surface area contributed by atoms with Gasteiger partial charge in [-0.25, -0.2) is 0 Å². The van der Waals surface area contributed by atoms with E-state index >= 15 is 0 Å². The van der Waals surface area contributed by atoms with Crippen LogP contribution in [-0.2, 0) is 7.05 Å². The summed E-state index contributed by atoms with van der Waals surface area (Å²) in [6.07, 6.45) is 3.56. The van der Waals surface area contributed by atoms with Crippen LogP contribution in [0.25, 0.3) is 0 Å². The molecular formula is C19H21ClN2O2. The van der Waals surface area contributed by atoms with Crippen LogP contribution < -0.4 is 5.56 Å². The van der Waals surface area contributed by atoms with Crippen LogP contribution >= 0.6 is 11.6 Å². The van der Waals surface area contributed by atoms with Gasteiger partial charge in [-0.15, -0.1) is 0 Å². The first kappa shape index (κ1) is 16.8. The fraction of sp³-hybridized carbons (Fsp3) is 0.368. The number of hydrogen-bond donors (Lipinski definition) is 0. The summed E-state index contributed by atoms with van der Waals surface area (Å²) in [7, 11) is 1.75. The quantitative estimate of drug-likeness (QED) is 0.838. The molecule has 4 nitrogen and oxygen atoms in total. The normalized spacial score (nSPS) is 15.5. The van der Waals surface area contributed by atoms with Crippen molar-refractivity contribution in [3.8, 4) is 0 Å². The van der Waals surface area contributed by atoms with Gasteiger partial charge >= 0.3 is 0 Å². The van der Waals surface area contributed by atoms with Crippen molar-refractivity contribution in [2.24, 2.45) is 7.05 Å². The second kappa shape index (κ2) is 6.81. The monoisotopic (exact) mass is 344 g/mol. The molecular weight excluding hydrogens is 324 g/mol. The average molecular weight is 345 g/mol. The summed E-state index contributed by atoms with van der Waals surface area (Å²) in [5, 5.41) is 0.621. The Labute approximate surface area is 146 Å². The number of halogens is 1. The summed E-state index contributed by atoms with van der Waals surface area (Å²) < 4.78 is 1.57. The highest BCUT2D eigenvalue weighted by molar-refractivity contribution is 6.31. The lowest BCUT2D eigenvalue weighted by atomic mass is 9.90. The van der Waals surface area contributed by atoms with Crippen molar-refractivity contribution in [2.75, 3.05) is 13.1 Å². The van der Waals surface area contributed by atoms with Crippen LogP contribution in [-0.4, -0.2) is 28.5 Å². The van der Waals surface area contributed by atoms with Crippen molar-refractivity contribution < 1.29 is 4.79 Å². The van der Waals surface area contributed by atoms with Crippen molar-refractivity contribution in [1.29, 1.82) is 0 Å². The Morgan fingerprint density at radius 2 is 1.88 bits per heavy atom. The SMILES string of the molecule is Cc1ccc(C(=O)N2CCC(c3ccn(C)c(=O)c3)CC2)cc1Cl. The van der Waals surface area contributed by atoms with Gasteiger partial charge in [0.15, 0.2) is 0 Å². The van der Waals surface area contributed by atoms with Gasteiger partial charge in [-0.05, 0) is 55.0 Å². The standard InChI is InChI=1S/C19H21ClN2O2/c1-13-3-4-16(11-17(13)20)19(24)22-9-6-14(7-10-22)15-5-8-21(2)18(23)12-15/h3-5,8,11-12,14H,6-7,9-10H2,1-2H3. The second-order valence-electron chi connectivity index (χ2n) is 6.44. The van der Waals surface area contributed by atoms with Crippen molar-refractivity contribution >= 4 is 17.5 Å². The van der Waals surface area contributed by atoms with Crippen LogP contribution in [0.2, 0.25) is 5.02 Å². The molecule has 0 aliphatic carbocycles. The maximum absolute atomic E-state index is 12.6. The molecule has 5 heteroatoms. The summed E-state index contributed by atoms with van der Waals surface area (Å²) in [5.74, 6) is 0.365. The summed E-state index contributed by atoms with van der Waals surface area (Å²) >= 11 is 6.13. The van der Waals surface area contributed by atoms with Crippen molar-refractivity contribution in [3.63, 3.8) is 0 Å². The third-order valence-electron chi connectivity index (χ3n) is 4.80. The molecule has 2 aromatic rings. The largest absolute Gasteiger partial charge is 0.339 e. The number of carbonyl (C=O) groups excluding carboxylic acids is 1. The first-order valence-electron chi connectivity index (χ1n) is 8.17. The molecule has 1 amide bonds. The topological polar surface area (TPSA) is 42.3 Å². The Bertz CT molecular complexity index is 820. The molecule has 24 heavy (non-hydrogen) atoms. The smallest absolute Gasteiger partial charge is 0.253 e. The predicted molar refractivity (Wildman–Crippen MR) is 95.8 cm³/mol. The number of rotatable bonds is 2. The van der Waals surface area contributed by atoms with Gasteiger partial charge in [0.25, 0.3) is 11.5 Å². The van der Waals surface area contributed by atoms with E-state index in [1.54, 1.807) is 23.7 Å². The third-order valence-corrected chi connectivity index (χ3v) is 5.21. The van der Waals surface area contributed by atoms with Gasteiger partial charge in [-0.3, -0.25) is 9.59 Å².